The summed E-state index contributed by atoms with van der Waals surface area (Å²) in [6.45, 7) is 2.31. The van der Waals surface area contributed by atoms with Crippen LogP contribution in [0.15, 0.2) is 60.7 Å². The molecule has 0 saturated carbocycles. The molecule has 3 aromatic rings. The van der Waals surface area contributed by atoms with Gasteiger partial charge in [-0.2, -0.15) is 0 Å². The Morgan fingerprint density at radius 2 is 1.62 bits per heavy atom. The number of rotatable bonds is 8. The highest BCUT2D eigenvalue weighted by Crippen LogP contribution is 2.40. The van der Waals surface area contributed by atoms with E-state index in [4.69, 9.17) is 9.47 Å². The molecule has 2 atom stereocenters. The van der Waals surface area contributed by atoms with Crippen LogP contribution in [0.3, 0.4) is 0 Å². The zero-order chi connectivity index (χ0) is 22.9. The van der Waals surface area contributed by atoms with Crippen molar-refractivity contribution < 1.29 is 34.4 Å². The van der Waals surface area contributed by atoms with Gasteiger partial charge in [-0.25, -0.2) is 9.59 Å². The fourth-order valence-corrected chi connectivity index (χ4v) is 3.71. The van der Waals surface area contributed by atoms with E-state index in [1.54, 1.807) is 12.1 Å². The lowest BCUT2D eigenvalue weighted by atomic mass is 10.0. The summed E-state index contributed by atoms with van der Waals surface area (Å²) in [5.41, 5.74) is 1.63. The number of ether oxygens (including phenoxy) is 2. The Hall–Kier alpha value is -3.62. The van der Waals surface area contributed by atoms with Gasteiger partial charge < -0.3 is 30.1 Å². The van der Waals surface area contributed by atoms with Crippen LogP contribution in [0.25, 0.3) is 10.8 Å². The molecule has 0 fully saturated rings. The summed E-state index contributed by atoms with van der Waals surface area (Å²) in [7, 11) is 0. The molecule has 8 nitrogen and oxygen atoms in total. The molecule has 0 spiro atoms. The van der Waals surface area contributed by atoms with Crippen molar-refractivity contribution in [3.63, 3.8) is 0 Å². The van der Waals surface area contributed by atoms with Gasteiger partial charge in [-0.05, 0) is 53.4 Å². The maximum Gasteiger partial charge on any atom is 0.453 e. The molecule has 0 saturated heterocycles. The van der Waals surface area contributed by atoms with Crippen LogP contribution < -0.4 is 14.8 Å². The molecule has 1 heterocycles. The normalized spacial score (nSPS) is 15.9. The fraction of sp³-hybridized carbons (Fsp3) is 0.250. The minimum atomic E-state index is -2.77. The molecule has 32 heavy (non-hydrogen) atoms. The van der Waals surface area contributed by atoms with E-state index in [0.29, 0.717) is 13.0 Å². The highest BCUT2D eigenvalue weighted by Gasteiger charge is 2.57. The molecule has 166 valence electrons. The van der Waals surface area contributed by atoms with Crippen molar-refractivity contribution in [3.8, 4) is 11.5 Å². The standard InChI is InChI=1S/C24H23NO7/c1-14(25-13-19(26)18-8-7-16-4-2-3-5-17(16)12-18)10-15-6-9-20-21(11-15)32-24(31-20,22(27)28)23(29)30/h2-9,11-12,14,19,25-26H,10,13H2,1H3,(H,27,28)(H,29,30)/t14-,19-/m0/s1. The van der Waals surface area contributed by atoms with E-state index in [2.05, 4.69) is 5.32 Å². The number of aliphatic hydroxyl groups excluding tert-OH is 1. The van der Waals surface area contributed by atoms with E-state index in [0.717, 1.165) is 21.9 Å². The number of carboxylic acid groups (broad SMARTS) is 2. The monoisotopic (exact) mass is 437 g/mol. The molecule has 0 aliphatic carbocycles. The molecule has 0 radical (unpaired) electrons. The Morgan fingerprint density at radius 3 is 2.34 bits per heavy atom. The molecular formula is C24H23NO7. The van der Waals surface area contributed by atoms with Crippen molar-refractivity contribution in [2.75, 3.05) is 6.54 Å². The van der Waals surface area contributed by atoms with E-state index in [-0.39, 0.29) is 17.5 Å². The molecule has 3 aromatic carbocycles. The van der Waals surface area contributed by atoms with Gasteiger partial charge >= 0.3 is 17.7 Å². The Labute approximate surface area is 184 Å². The Bertz CT molecular complexity index is 1160. The lowest BCUT2D eigenvalue weighted by molar-refractivity contribution is -0.194. The number of carbonyl (C=O) groups is 2. The van der Waals surface area contributed by atoms with Crippen LogP contribution in [0.4, 0.5) is 0 Å². The third-order valence-electron chi connectivity index (χ3n) is 5.44. The van der Waals surface area contributed by atoms with Crippen LogP contribution in [0.2, 0.25) is 0 Å². The van der Waals surface area contributed by atoms with Crippen LogP contribution in [-0.2, 0) is 16.0 Å². The molecule has 0 aromatic heterocycles. The number of carboxylic acids is 2. The van der Waals surface area contributed by atoms with Crippen LogP contribution in [0, 0.1) is 0 Å². The first-order valence-electron chi connectivity index (χ1n) is 10.2. The molecule has 4 rings (SSSR count). The predicted octanol–water partition coefficient (Wildman–Crippen LogP) is 2.73. The number of hydrogen-bond donors (Lipinski definition) is 4. The van der Waals surface area contributed by atoms with Gasteiger partial charge in [0.25, 0.3) is 0 Å². The fourth-order valence-electron chi connectivity index (χ4n) is 3.71. The summed E-state index contributed by atoms with van der Waals surface area (Å²) in [5.74, 6) is -6.11. The van der Waals surface area contributed by atoms with Gasteiger partial charge in [0.05, 0.1) is 6.10 Å². The minimum absolute atomic E-state index is 0.0193. The summed E-state index contributed by atoms with van der Waals surface area (Å²) in [5, 5.41) is 34.5. The third kappa shape index (κ3) is 4.10. The van der Waals surface area contributed by atoms with Gasteiger partial charge in [0.2, 0.25) is 0 Å². The Kier molecular flexibility index (Phi) is 5.73. The van der Waals surface area contributed by atoms with Crippen LogP contribution in [0.1, 0.15) is 24.2 Å². The summed E-state index contributed by atoms with van der Waals surface area (Å²) in [6, 6.07) is 18.6. The second kappa shape index (κ2) is 8.49. The highest BCUT2D eigenvalue weighted by molar-refractivity contribution is 6.01. The van der Waals surface area contributed by atoms with E-state index in [9.17, 15) is 24.9 Å². The SMILES string of the molecule is C[C@@H](Cc1ccc2c(c1)OC(C(=O)O)(C(=O)O)O2)NC[C@H](O)c1ccc2ccccc2c1. The van der Waals surface area contributed by atoms with Crippen molar-refractivity contribution in [3.05, 3.63) is 71.8 Å². The number of aliphatic carboxylic acids is 2. The lowest BCUT2D eigenvalue weighted by Gasteiger charge is -2.18. The lowest BCUT2D eigenvalue weighted by Crippen LogP contribution is -2.54. The first-order chi connectivity index (χ1) is 15.3. The van der Waals surface area contributed by atoms with E-state index in [1.165, 1.54) is 6.07 Å². The maximum atomic E-state index is 11.4. The van der Waals surface area contributed by atoms with Crippen LogP contribution in [0.5, 0.6) is 11.5 Å². The van der Waals surface area contributed by atoms with Gasteiger partial charge in [0, 0.05) is 12.6 Å². The van der Waals surface area contributed by atoms with Crippen LogP contribution in [-0.4, -0.2) is 45.6 Å². The minimum Gasteiger partial charge on any atom is -0.475 e. The number of aliphatic hydroxyl groups is 1. The van der Waals surface area contributed by atoms with Crippen molar-refractivity contribution in [2.24, 2.45) is 0 Å². The molecule has 1 aliphatic heterocycles. The summed E-state index contributed by atoms with van der Waals surface area (Å²) in [6.07, 6.45) is -0.126. The van der Waals surface area contributed by atoms with Gasteiger partial charge in [0.1, 0.15) is 0 Å². The number of nitrogens with one attached hydrogen (secondary N) is 1. The quantitative estimate of drug-likeness (QED) is 0.397. The van der Waals surface area contributed by atoms with E-state index < -0.39 is 23.8 Å². The molecule has 0 bridgehead atoms. The summed E-state index contributed by atoms with van der Waals surface area (Å²) < 4.78 is 10.2. The molecule has 8 heteroatoms. The average Bonchev–Trinajstić information content (AvgIpc) is 3.18. The average molecular weight is 437 g/mol. The van der Waals surface area contributed by atoms with E-state index >= 15 is 0 Å². The van der Waals surface area contributed by atoms with E-state index in [1.807, 2.05) is 49.4 Å². The smallest absolute Gasteiger partial charge is 0.453 e. The number of fused-ring (bicyclic) bond motifs is 2. The molecular weight excluding hydrogens is 414 g/mol. The third-order valence-corrected chi connectivity index (χ3v) is 5.44. The Balaban J connectivity index is 1.37. The largest absolute Gasteiger partial charge is 0.475 e. The van der Waals surface area contributed by atoms with Gasteiger partial charge in [0.15, 0.2) is 11.5 Å². The molecule has 1 aliphatic rings. The second-order valence-electron chi connectivity index (χ2n) is 7.85. The first-order valence-corrected chi connectivity index (χ1v) is 10.2. The molecule has 4 N–H and O–H groups in total. The predicted molar refractivity (Wildman–Crippen MR) is 116 cm³/mol. The zero-order valence-corrected chi connectivity index (χ0v) is 17.3. The molecule has 0 unspecified atom stereocenters. The Morgan fingerprint density at radius 1 is 0.938 bits per heavy atom. The summed E-state index contributed by atoms with van der Waals surface area (Å²) in [4.78, 5) is 22.7. The van der Waals surface area contributed by atoms with Crippen molar-refractivity contribution >= 4 is 22.7 Å². The van der Waals surface area contributed by atoms with Gasteiger partial charge in [-0.1, -0.05) is 42.5 Å². The van der Waals surface area contributed by atoms with Crippen LogP contribution >= 0.6 is 0 Å². The van der Waals surface area contributed by atoms with Crippen molar-refractivity contribution in [1.29, 1.82) is 0 Å². The molecule has 0 amide bonds. The zero-order valence-electron chi connectivity index (χ0n) is 17.3. The van der Waals surface area contributed by atoms with Crippen molar-refractivity contribution in [1.82, 2.24) is 5.32 Å². The maximum absolute atomic E-state index is 11.4. The number of hydrogen-bond acceptors (Lipinski definition) is 6. The highest BCUT2D eigenvalue weighted by atomic mass is 16.8. The topological polar surface area (TPSA) is 125 Å². The summed E-state index contributed by atoms with van der Waals surface area (Å²) >= 11 is 0. The van der Waals surface area contributed by atoms with Gasteiger partial charge in [-0.15, -0.1) is 0 Å². The van der Waals surface area contributed by atoms with Crippen molar-refractivity contribution in [2.45, 2.75) is 31.3 Å². The first kappa shape index (κ1) is 21.6. The van der Waals surface area contributed by atoms with Gasteiger partial charge in [-0.3, -0.25) is 0 Å². The number of benzene rings is 3. The second-order valence-corrected chi connectivity index (χ2v) is 7.85.